The predicted octanol–water partition coefficient (Wildman–Crippen LogP) is 3.84. The highest BCUT2D eigenvalue weighted by Gasteiger charge is 2.30. The molecular weight excluding hydrogens is 474 g/mol. The average molecular weight is 510 g/mol. The fourth-order valence-corrected chi connectivity index (χ4v) is 5.14. The van der Waals surface area contributed by atoms with E-state index in [2.05, 4.69) is 5.32 Å². The van der Waals surface area contributed by atoms with Gasteiger partial charge in [-0.05, 0) is 48.2 Å². The fourth-order valence-electron chi connectivity index (χ4n) is 3.98. The molecular formula is C28H35N3O4S. The average Bonchev–Trinajstić information content (AvgIpc) is 2.89. The fraction of sp³-hybridized carbons (Fsp3) is 0.357. The van der Waals surface area contributed by atoms with E-state index < -0.39 is 22.0 Å². The number of carbonyl (C=O) groups excluding carboxylic acids is 2. The third-order valence-corrected chi connectivity index (χ3v) is 8.07. The number of unbranched alkanes of at least 4 members (excludes halogenated alkanes) is 1. The third-order valence-electron chi connectivity index (χ3n) is 6.27. The molecule has 3 rings (SSSR count). The van der Waals surface area contributed by atoms with Crippen molar-refractivity contribution in [2.24, 2.45) is 0 Å². The zero-order valence-electron chi connectivity index (χ0n) is 21.2. The number of sulfonamides is 1. The maximum Gasteiger partial charge on any atom is 0.243 e. The number of fused-ring (bicyclic) bond motifs is 1. The summed E-state index contributed by atoms with van der Waals surface area (Å²) < 4.78 is 27.6. The van der Waals surface area contributed by atoms with Crippen LogP contribution in [-0.2, 0) is 26.0 Å². The Labute approximate surface area is 214 Å². The number of hydrogen-bond acceptors (Lipinski definition) is 4. The SMILES string of the molecule is CCCCNC(=O)[C@H](C)N(CCc1ccccc1)C(=O)CN(C)S(=O)(=O)c1ccc2ccccc2c1. The van der Waals surface area contributed by atoms with Crippen molar-refractivity contribution in [1.29, 1.82) is 0 Å². The van der Waals surface area contributed by atoms with Crippen LogP contribution in [0.2, 0.25) is 0 Å². The molecule has 3 aromatic carbocycles. The van der Waals surface area contributed by atoms with E-state index >= 15 is 0 Å². The van der Waals surface area contributed by atoms with Crippen molar-refractivity contribution in [1.82, 2.24) is 14.5 Å². The normalized spacial score (nSPS) is 12.4. The summed E-state index contributed by atoms with van der Waals surface area (Å²) in [6.45, 7) is 4.20. The van der Waals surface area contributed by atoms with Gasteiger partial charge in [0.15, 0.2) is 0 Å². The van der Waals surface area contributed by atoms with Crippen LogP contribution in [0.15, 0.2) is 77.7 Å². The molecule has 0 saturated carbocycles. The van der Waals surface area contributed by atoms with Gasteiger partial charge >= 0.3 is 0 Å². The lowest BCUT2D eigenvalue weighted by molar-refractivity contribution is -0.139. The molecule has 0 unspecified atom stereocenters. The number of nitrogens with one attached hydrogen (secondary N) is 1. The van der Waals surface area contributed by atoms with Gasteiger partial charge in [0.2, 0.25) is 21.8 Å². The summed E-state index contributed by atoms with van der Waals surface area (Å²) in [5, 5.41) is 4.62. The van der Waals surface area contributed by atoms with Crippen molar-refractivity contribution in [3.8, 4) is 0 Å². The number of benzene rings is 3. The Morgan fingerprint density at radius 1 is 0.944 bits per heavy atom. The zero-order chi connectivity index (χ0) is 26.1. The van der Waals surface area contributed by atoms with E-state index in [-0.39, 0.29) is 17.3 Å². The van der Waals surface area contributed by atoms with Crippen molar-refractivity contribution in [3.63, 3.8) is 0 Å². The summed E-state index contributed by atoms with van der Waals surface area (Å²) in [6.07, 6.45) is 2.35. The molecule has 0 fully saturated rings. The topological polar surface area (TPSA) is 86.8 Å². The molecule has 0 aliphatic carbocycles. The molecule has 0 aromatic heterocycles. The van der Waals surface area contributed by atoms with E-state index in [1.165, 1.54) is 11.9 Å². The molecule has 1 N–H and O–H groups in total. The predicted molar refractivity (Wildman–Crippen MR) is 143 cm³/mol. The quantitative estimate of drug-likeness (QED) is 0.376. The Hall–Kier alpha value is -3.23. The van der Waals surface area contributed by atoms with E-state index in [0.717, 1.165) is 33.5 Å². The number of nitrogens with zero attached hydrogens (tertiary/aromatic N) is 2. The van der Waals surface area contributed by atoms with Gasteiger partial charge < -0.3 is 10.2 Å². The van der Waals surface area contributed by atoms with Gasteiger partial charge in [0.05, 0.1) is 11.4 Å². The largest absolute Gasteiger partial charge is 0.354 e. The van der Waals surface area contributed by atoms with Crippen molar-refractivity contribution >= 4 is 32.6 Å². The summed E-state index contributed by atoms with van der Waals surface area (Å²) in [5.74, 6) is -0.666. The van der Waals surface area contributed by atoms with Crippen molar-refractivity contribution in [2.45, 2.75) is 44.0 Å². The summed E-state index contributed by atoms with van der Waals surface area (Å²) in [5.41, 5.74) is 1.03. The van der Waals surface area contributed by atoms with E-state index in [1.54, 1.807) is 25.1 Å². The molecule has 0 bridgehead atoms. The Morgan fingerprint density at radius 3 is 2.31 bits per heavy atom. The molecule has 0 saturated heterocycles. The number of amides is 2. The molecule has 0 aliphatic rings. The molecule has 1 atom stereocenters. The monoisotopic (exact) mass is 509 g/mol. The standard InChI is InChI=1S/C28H35N3O4S/c1-4-5-18-29-28(33)22(2)31(19-17-23-11-7-6-8-12-23)27(32)21-30(3)36(34,35)26-16-15-24-13-9-10-14-25(24)20-26/h6-16,20,22H,4-5,17-19,21H2,1-3H3,(H,29,33)/t22-/m0/s1. The lowest BCUT2D eigenvalue weighted by atomic mass is 10.1. The maximum atomic E-state index is 13.4. The first-order chi connectivity index (χ1) is 17.2. The van der Waals surface area contributed by atoms with Crippen molar-refractivity contribution in [3.05, 3.63) is 78.4 Å². The van der Waals surface area contributed by atoms with Crippen molar-refractivity contribution < 1.29 is 18.0 Å². The van der Waals surface area contributed by atoms with Crippen LogP contribution in [0.25, 0.3) is 10.8 Å². The second-order valence-electron chi connectivity index (χ2n) is 8.91. The third kappa shape index (κ3) is 6.92. The summed E-state index contributed by atoms with van der Waals surface area (Å²) in [4.78, 5) is 27.7. The number of likely N-dealkylation sites (N-methyl/N-ethyl adjacent to an activating group) is 1. The van der Waals surface area contributed by atoms with Gasteiger partial charge in [0.1, 0.15) is 6.04 Å². The zero-order valence-corrected chi connectivity index (χ0v) is 22.0. The molecule has 0 radical (unpaired) electrons. The summed E-state index contributed by atoms with van der Waals surface area (Å²) in [6, 6.07) is 21.4. The number of hydrogen-bond donors (Lipinski definition) is 1. The molecule has 0 aliphatic heterocycles. The van der Waals surface area contributed by atoms with Gasteiger partial charge in [-0.3, -0.25) is 9.59 Å². The van der Waals surface area contributed by atoms with E-state index in [4.69, 9.17) is 0 Å². The van der Waals surface area contributed by atoms with Crippen LogP contribution < -0.4 is 5.32 Å². The molecule has 8 heteroatoms. The molecule has 192 valence electrons. The maximum absolute atomic E-state index is 13.4. The van der Waals surface area contributed by atoms with Gasteiger partial charge in [-0.1, -0.05) is 74.0 Å². The Kier molecular flexibility index (Phi) is 9.61. The molecule has 36 heavy (non-hydrogen) atoms. The first-order valence-corrected chi connectivity index (χ1v) is 13.7. The first kappa shape index (κ1) is 27.4. The van der Waals surface area contributed by atoms with E-state index in [0.29, 0.717) is 19.5 Å². The highest BCUT2D eigenvalue weighted by molar-refractivity contribution is 7.89. The summed E-state index contributed by atoms with van der Waals surface area (Å²) >= 11 is 0. The highest BCUT2D eigenvalue weighted by atomic mass is 32.2. The highest BCUT2D eigenvalue weighted by Crippen LogP contribution is 2.21. The first-order valence-electron chi connectivity index (χ1n) is 12.3. The van der Waals surface area contributed by atoms with Crippen LogP contribution in [0, 0.1) is 0 Å². The van der Waals surface area contributed by atoms with Crippen LogP contribution >= 0.6 is 0 Å². The second-order valence-corrected chi connectivity index (χ2v) is 11.0. The lowest BCUT2D eigenvalue weighted by Gasteiger charge is -2.30. The van der Waals surface area contributed by atoms with Crippen LogP contribution in [0.1, 0.15) is 32.3 Å². The Morgan fingerprint density at radius 2 is 1.61 bits per heavy atom. The molecule has 0 heterocycles. The van der Waals surface area contributed by atoms with Crippen LogP contribution in [0.4, 0.5) is 0 Å². The smallest absolute Gasteiger partial charge is 0.243 e. The van der Waals surface area contributed by atoms with Crippen LogP contribution in [-0.4, -0.2) is 62.2 Å². The molecule has 7 nitrogen and oxygen atoms in total. The van der Waals surface area contributed by atoms with Gasteiger partial charge in [0.25, 0.3) is 0 Å². The molecule has 3 aromatic rings. The number of carbonyl (C=O) groups is 2. The van der Waals surface area contributed by atoms with E-state index in [9.17, 15) is 18.0 Å². The second kappa shape index (κ2) is 12.6. The Balaban J connectivity index is 1.77. The van der Waals surface area contributed by atoms with Gasteiger partial charge in [-0.2, -0.15) is 4.31 Å². The summed E-state index contributed by atoms with van der Waals surface area (Å²) in [7, 11) is -2.51. The van der Waals surface area contributed by atoms with Crippen LogP contribution in [0.5, 0.6) is 0 Å². The van der Waals surface area contributed by atoms with Gasteiger partial charge in [0, 0.05) is 20.1 Å². The van der Waals surface area contributed by atoms with Crippen LogP contribution in [0.3, 0.4) is 0 Å². The number of rotatable bonds is 12. The Bertz CT molecular complexity index is 1280. The van der Waals surface area contributed by atoms with Gasteiger partial charge in [-0.25, -0.2) is 8.42 Å². The minimum atomic E-state index is -3.90. The molecule has 0 spiro atoms. The minimum Gasteiger partial charge on any atom is -0.354 e. The van der Waals surface area contributed by atoms with E-state index in [1.807, 2.05) is 61.5 Å². The van der Waals surface area contributed by atoms with Gasteiger partial charge in [-0.15, -0.1) is 0 Å². The van der Waals surface area contributed by atoms with Crippen molar-refractivity contribution in [2.75, 3.05) is 26.7 Å². The minimum absolute atomic E-state index is 0.123. The lowest BCUT2D eigenvalue weighted by Crippen LogP contribution is -2.51. The molecule has 2 amide bonds.